The molecule has 35 heavy (non-hydrogen) atoms. The molecule has 0 aliphatic carbocycles. The minimum absolute atomic E-state index is 0.0251. The fraction of sp³-hybridized carbons (Fsp3) is 0.714. The zero-order chi connectivity index (χ0) is 25.8. The Bertz CT molecular complexity index is 1060. The highest BCUT2D eigenvalue weighted by Crippen LogP contribution is 2.39. The van der Waals surface area contributed by atoms with Crippen LogP contribution in [0.3, 0.4) is 0 Å². The Balaban J connectivity index is 1.54. The number of aliphatic hydroxyl groups is 1. The Morgan fingerprint density at radius 1 is 1.49 bits per heavy atom. The largest absolute Gasteiger partial charge is 0.395 e. The van der Waals surface area contributed by atoms with Crippen molar-refractivity contribution >= 4 is 42.5 Å². The van der Waals surface area contributed by atoms with Crippen LogP contribution >= 0.6 is 20.3 Å². The van der Waals surface area contributed by atoms with Crippen molar-refractivity contribution in [2.45, 2.75) is 59.4 Å². The lowest BCUT2D eigenvalue weighted by Gasteiger charge is -2.23. The third-order valence-corrected chi connectivity index (χ3v) is 8.11. The van der Waals surface area contributed by atoms with Crippen molar-refractivity contribution in [2.24, 2.45) is 11.3 Å². The molecule has 4 atom stereocenters. The van der Waals surface area contributed by atoms with Gasteiger partial charge in [0.25, 0.3) is 14.1 Å². The van der Waals surface area contributed by atoms with Crippen molar-refractivity contribution in [3.05, 3.63) is 16.7 Å². The molecule has 0 bridgehead atoms. The first-order valence-electron chi connectivity index (χ1n) is 11.5. The number of imidazole rings is 1. The zero-order valence-corrected chi connectivity index (χ0v) is 22.4. The highest BCUT2D eigenvalue weighted by Gasteiger charge is 2.35. The summed E-state index contributed by atoms with van der Waals surface area (Å²) in [5, 5.41) is 12.5. The first kappa shape index (κ1) is 28.0. The molecule has 1 saturated heterocycles. The number of aliphatic hydroxyl groups excluding tert-OH is 1. The number of rotatable bonds is 12. The van der Waals surface area contributed by atoms with Crippen molar-refractivity contribution in [1.29, 1.82) is 0 Å². The number of nitrogen functional groups attached to an aromatic ring is 1. The summed E-state index contributed by atoms with van der Waals surface area (Å²) in [6, 6.07) is 0.145. The maximum Gasteiger partial charge on any atom is 0.280 e. The van der Waals surface area contributed by atoms with E-state index in [1.807, 2.05) is 13.8 Å². The summed E-state index contributed by atoms with van der Waals surface area (Å²) in [5.74, 6) is 0.620. The van der Waals surface area contributed by atoms with Crippen molar-refractivity contribution in [3.63, 3.8) is 0 Å². The van der Waals surface area contributed by atoms with E-state index in [2.05, 4.69) is 27.0 Å². The van der Waals surface area contributed by atoms with Gasteiger partial charge < -0.3 is 24.6 Å². The highest BCUT2D eigenvalue weighted by molar-refractivity contribution is 8.13. The second-order valence-electron chi connectivity index (χ2n) is 9.48. The summed E-state index contributed by atoms with van der Waals surface area (Å²) in [6.45, 7) is 9.93. The second kappa shape index (κ2) is 12.1. The van der Waals surface area contributed by atoms with E-state index in [1.165, 1.54) is 0 Å². The number of carbonyl (C=O) groups excluding carboxylic acids is 1. The summed E-state index contributed by atoms with van der Waals surface area (Å²) < 4.78 is 19.9. The Labute approximate surface area is 209 Å². The van der Waals surface area contributed by atoms with Crippen molar-refractivity contribution < 1.29 is 23.7 Å². The van der Waals surface area contributed by atoms with E-state index < -0.39 is 13.9 Å². The number of anilines is 1. The first-order chi connectivity index (χ1) is 16.5. The van der Waals surface area contributed by atoms with E-state index >= 15 is 0 Å². The van der Waals surface area contributed by atoms with Crippen LogP contribution in [-0.4, -0.2) is 67.5 Å². The number of hydrogen-bond donors (Lipinski definition) is 4. The Morgan fingerprint density at radius 2 is 2.23 bits per heavy atom. The number of hydrogen-bond acceptors (Lipinski definition) is 11. The molecule has 0 radical (unpaired) electrons. The van der Waals surface area contributed by atoms with E-state index in [4.69, 9.17) is 19.5 Å². The third kappa shape index (κ3) is 7.22. The highest BCUT2D eigenvalue weighted by atomic mass is 32.2. The molecular weight excluding hydrogens is 495 g/mol. The van der Waals surface area contributed by atoms with Crippen LogP contribution in [0.2, 0.25) is 0 Å². The van der Waals surface area contributed by atoms with E-state index in [-0.39, 0.29) is 53.0 Å². The molecule has 0 spiro atoms. The van der Waals surface area contributed by atoms with Crippen LogP contribution in [0.5, 0.6) is 0 Å². The van der Waals surface area contributed by atoms with Gasteiger partial charge in [0.05, 0.1) is 37.7 Å². The molecule has 196 valence electrons. The monoisotopic (exact) mass is 530 g/mol. The van der Waals surface area contributed by atoms with E-state index in [0.717, 1.165) is 18.2 Å². The average Bonchev–Trinajstić information content (AvgIpc) is 3.37. The lowest BCUT2D eigenvalue weighted by molar-refractivity contribution is -0.119. The molecule has 1 fully saturated rings. The summed E-state index contributed by atoms with van der Waals surface area (Å²) in [7, 11) is -1.39. The van der Waals surface area contributed by atoms with Gasteiger partial charge in [-0.25, -0.2) is 10.1 Å². The minimum Gasteiger partial charge on any atom is -0.395 e. The predicted molar refractivity (Wildman–Crippen MR) is 136 cm³/mol. The van der Waals surface area contributed by atoms with Crippen LogP contribution in [-0.2, 0) is 18.6 Å². The normalized spacial score (nSPS) is 21.7. The molecule has 0 aromatic carbocycles. The Kier molecular flexibility index (Phi) is 9.67. The Morgan fingerprint density at radius 3 is 2.91 bits per heavy atom. The lowest BCUT2D eigenvalue weighted by atomic mass is 9.97. The van der Waals surface area contributed by atoms with Gasteiger partial charge in [0.2, 0.25) is 5.95 Å². The summed E-state index contributed by atoms with van der Waals surface area (Å²) in [5.41, 5.74) is 5.14. The SMILES string of the molecule is CC(C)NP(OCCSC(=O)C(C)(C)CO)OCC1CC(C)C(n2cnc3c(=O)[nH]c(N)nc32)O1. The molecule has 5 N–H and O–H groups in total. The number of aromatic nitrogens is 4. The van der Waals surface area contributed by atoms with Gasteiger partial charge in [-0.05, 0) is 34.1 Å². The fourth-order valence-corrected chi connectivity index (χ4v) is 5.62. The van der Waals surface area contributed by atoms with Gasteiger partial charge in [0.15, 0.2) is 16.3 Å². The smallest absolute Gasteiger partial charge is 0.280 e. The minimum atomic E-state index is -1.39. The van der Waals surface area contributed by atoms with Gasteiger partial charge in [-0.3, -0.25) is 19.1 Å². The third-order valence-electron chi connectivity index (χ3n) is 5.39. The maximum absolute atomic E-state index is 12.1. The molecule has 3 heterocycles. The molecule has 0 amide bonds. The van der Waals surface area contributed by atoms with Crippen LogP contribution < -0.4 is 16.4 Å². The summed E-state index contributed by atoms with van der Waals surface area (Å²) in [4.78, 5) is 35.1. The Hall–Kier alpha value is -1.60. The van der Waals surface area contributed by atoms with Crippen LogP contribution in [0.25, 0.3) is 11.2 Å². The molecule has 1 aliphatic rings. The number of aromatic amines is 1. The second-order valence-corrected chi connectivity index (χ2v) is 11.8. The molecule has 14 heteroatoms. The van der Waals surface area contributed by atoms with Gasteiger partial charge in [-0.1, -0.05) is 18.7 Å². The number of ether oxygens (including phenoxy) is 1. The van der Waals surface area contributed by atoms with Crippen LogP contribution in [0.15, 0.2) is 11.1 Å². The van der Waals surface area contributed by atoms with Crippen LogP contribution in [0, 0.1) is 11.3 Å². The number of thioether (sulfide) groups is 1. The zero-order valence-electron chi connectivity index (χ0n) is 20.7. The molecular formula is C21H35N6O6PS. The number of carbonyl (C=O) groups is 1. The number of nitrogens with one attached hydrogen (secondary N) is 2. The quantitative estimate of drug-likeness (QED) is 0.234. The molecule has 2 aromatic rings. The number of H-pyrrole nitrogens is 1. The van der Waals surface area contributed by atoms with E-state index in [1.54, 1.807) is 24.7 Å². The number of fused-ring (bicyclic) bond motifs is 1. The van der Waals surface area contributed by atoms with Crippen molar-refractivity contribution in [2.75, 3.05) is 31.3 Å². The number of nitrogens with two attached hydrogens (primary N) is 1. The van der Waals surface area contributed by atoms with Gasteiger partial charge in [0, 0.05) is 17.7 Å². The average molecular weight is 531 g/mol. The van der Waals surface area contributed by atoms with Crippen molar-refractivity contribution in [1.82, 2.24) is 24.6 Å². The van der Waals surface area contributed by atoms with Gasteiger partial charge in [-0.2, -0.15) is 4.98 Å². The molecule has 0 saturated carbocycles. The maximum atomic E-state index is 12.1. The molecule has 12 nitrogen and oxygen atoms in total. The summed E-state index contributed by atoms with van der Waals surface area (Å²) in [6.07, 6.45) is 1.75. The van der Waals surface area contributed by atoms with Gasteiger partial charge in [0.1, 0.15) is 6.23 Å². The number of nitrogens with zero attached hydrogens (tertiary/aromatic N) is 3. The van der Waals surface area contributed by atoms with Gasteiger partial charge in [-0.15, -0.1) is 0 Å². The predicted octanol–water partition coefficient (Wildman–Crippen LogP) is 2.16. The molecule has 4 unspecified atom stereocenters. The van der Waals surface area contributed by atoms with Crippen LogP contribution in [0.4, 0.5) is 5.95 Å². The van der Waals surface area contributed by atoms with Crippen LogP contribution in [0.1, 0.15) is 47.3 Å². The molecule has 1 aliphatic heterocycles. The first-order valence-corrected chi connectivity index (χ1v) is 13.7. The van der Waals surface area contributed by atoms with E-state index in [9.17, 15) is 14.7 Å². The topological polar surface area (TPSA) is 167 Å². The van der Waals surface area contributed by atoms with Crippen molar-refractivity contribution in [3.8, 4) is 0 Å². The molecule has 3 rings (SSSR count). The van der Waals surface area contributed by atoms with E-state index in [0.29, 0.717) is 24.6 Å². The lowest BCUT2D eigenvalue weighted by Crippen LogP contribution is -2.26. The fourth-order valence-electron chi connectivity index (χ4n) is 3.48. The summed E-state index contributed by atoms with van der Waals surface area (Å²) >= 11 is 1.14. The standard InChI is InChI=1S/C21H35N6O6PS/c1-12(2)26-34(31-6-7-35-19(30)21(4,5)10-28)32-9-14-8-13(3)18(33-14)27-11-23-15-16(27)24-20(22)25-17(15)29/h11-14,18,26,28H,6-10H2,1-5H3,(H3,22,24,25,29). The van der Waals surface area contributed by atoms with Gasteiger partial charge >= 0.3 is 0 Å². The molecule has 2 aromatic heterocycles.